The summed E-state index contributed by atoms with van der Waals surface area (Å²) in [7, 11) is 1.75. The first-order valence-electron chi connectivity index (χ1n) is 7.58. The number of hydrogen-bond donors (Lipinski definition) is 1. The summed E-state index contributed by atoms with van der Waals surface area (Å²) in [6.07, 6.45) is 5.35. The molecule has 106 valence electrons. The molecule has 1 fully saturated rings. The van der Waals surface area contributed by atoms with Crippen LogP contribution in [0.1, 0.15) is 43.2 Å². The lowest BCUT2D eigenvalue weighted by Gasteiger charge is -2.26. The summed E-state index contributed by atoms with van der Waals surface area (Å²) in [5.74, 6) is 1.52. The molecule has 0 amide bonds. The van der Waals surface area contributed by atoms with E-state index in [0.29, 0.717) is 5.92 Å². The third-order valence-electron chi connectivity index (χ3n) is 4.09. The van der Waals surface area contributed by atoms with Gasteiger partial charge in [-0.1, -0.05) is 37.6 Å². The van der Waals surface area contributed by atoms with Gasteiger partial charge in [-0.15, -0.1) is 0 Å². The van der Waals surface area contributed by atoms with Crippen LogP contribution in [0.4, 0.5) is 0 Å². The molecule has 0 spiro atoms. The molecule has 0 saturated heterocycles. The van der Waals surface area contributed by atoms with E-state index < -0.39 is 0 Å². The second-order valence-corrected chi connectivity index (χ2v) is 5.88. The van der Waals surface area contributed by atoms with Crippen LogP contribution in [0, 0.1) is 5.92 Å². The van der Waals surface area contributed by atoms with E-state index in [9.17, 15) is 0 Å². The van der Waals surface area contributed by atoms with Crippen molar-refractivity contribution in [3.8, 4) is 0 Å². The number of rotatable bonds is 8. The molecule has 2 rings (SSSR count). The molecule has 1 unspecified atom stereocenters. The average molecular weight is 261 g/mol. The van der Waals surface area contributed by atoms with Crippen LogP contribution >= 0.6 is 0 Å². The molecule has 0 aliphatic heterocycles. The monoisotopic (exact) mass is 261 g/mol. The maximum Gasteiger partial charge on any atom is 0.0587 e. The van der Waals surface area contributed by atoms with Crippen LogP contribution in [-0.2, 0) is 11.2 Å². The topological polar surface area (TPSA) is 21.3 Å². The highest BCUT2D eigenvalue weighted by Gasteiger charge is 2.19. The number of hydrogen-bond acceptors (Lipinski definition) is 2. The van der Waals surface area contributed by atoms with E-state index >= 15 is 0 Å². The highest BCUT2D eigenvalue weighted by Crippen LogP contribution is 2.36. The van der Waals surface area contributed by atoms with Crippen molar-refractivity contribution in [2.24, 2.45) is 5.92 Å². The molecular formula is C17H27NO. The van der Waals surface area contributed by atoms with Crippen LogP contribution in [0.25, 0.3) is 0 Å². The summed E-state index contributed by atoms with van der Waals surface area (Å²) in [6, 6.07) is 9.23. The Labute approximate surface area is 117 Å². The molecule has 0 radical (unpaired) electrons. The minimum atomic E-state index is 0.675. The Kier molecular flexibility index (Phi) is 5.87. The zero-order valence-electron chi connectivity index (χ0n) is 12.3. The summed E-state index contributed by atoms with van der Waals surface area (Å²) in [5.41, 5.74) is 3.05. The lowest BCUT2D eigenvalue weighted by atomic mass is 9.79. The normalized spacial score (nSPS) is 17.2. The largest absolute Gasteiger partial charge is 0.383 e. The van der Waals surface area contributed by atoms with Gasteiger partial charge in [0.15, 0.2) is 0 Å². The second kappa shape index (κ2) is 7.66. The van der Waals surface area contributed by atoms with Gasteiger partial charge in [0.1, 0.15) is 0 Å². The van der Waals surface area contributed by atoms with Crippen LogP contribution in [0.2, 0.25) is 0 Å². The molecule has 0 aromatic heterocycles. The third kappa shape index (κ3) is 4.63. The van der Waals surface area contributed by atoms with Crippen LogP contribution in [0.5, 0.6) is 0 Å². The number of methoxy groups -OCH3 is 1. The van der Waals surface area contributed by atoms with Crippen LogP contribution in [0.15, 0.2) is 24.3 Å². The SMILES string of the molecule is COCCNCC(C)Cc1cccc(C2CCC2)c1. The zero-order chi connectivity index (χ0) is 13.5. The van der Waals surface area contributed by atoms with Gasteiger partial charge in [-0.3, -0.25) is 0 Å². The molecule has 19 heavy (non-hydrogen) atoms. The van der Waals surface area contributed by atoms with E-state index in [-0.39, 0.29) is 0 Å². The summed E-state index contributed by atoms with van der Waals surface area (Å²) < 4.78 is 5.04. The van der Waals surface area contributed by atoms with Crippen molar-refractivity contribution in [2.75, 3.05) is 26.8 Å². The maximum atomic E-state index is 5.04. The fourth-order valence-electron chi connectivity index (χ4n) is 2.71. The van der Waals surface area contributed by atoms with Gasteiger partial charge in [0.2, 0.25) is 0 Å². The predicted molar refractivity (Wildman–Crippen MR) is 80.6 cm³/mol. The molecule has 2 nitrogen and oxygen atoms in total. The van der Waals surface area contributed by atoms with Crippen molar-refractivity contribution in [1.82, 2.24) is 5.32 Å². The van der Waals surface area contributed by atoms with Crippen molar-refractivity contribution in [3.63, 3.8) is 0 Å². The van der Waals surface area contributed by atoms with Crippen LogP contribution < -0.4 is 5.32 Å². The summed E-state index contributed by atoms with van der Waals surface area (Å²) >= 11 is 0. The summed E-state index contributed by atoms with van der Waals surface area (Å²) in [5, 5.41) is 3.44. The first kappa shape index (κ1) is 14.5. The van der Waals surface area contributed by atoms with E-state index in [2.05, 4.69) is 36.5 Å². The first-order chi connectivity index (χ1) is 9.29. The Morgan fingerprint density at radius 3 is 2.89 bits per heavy atom. The minimum Gasteiger partial charge on any atom is -0.383 e. The smallest absolute Gasteiger partial charge is 0.0587 e. The quantitative estimate of drug-likeness (QED) is 0.724. The van der Waals surface area contributed by atoms with E-state index in [4.69, 9.17) is 4.74 Å². The predicted octanol–water partition coefficient (Wildman–Crippen LogP) is 3.37. The molecule has 1 aliphatic rings. The molecule has 1 N–H and O–H groups in total. The molecule has 1 aromatic carbocycles. The Morgan fingerprint density at radius 2 is 2.21 bits per heavy atom. The van der Waals surface area contributed by atoms with E-state index in [1.54, 1.807) is 12.7 Å². The molecule has 0 bridgehead atoms. The third-order valence-corrected chi connectivity index (χ3v) is 4.09. The zero-order valence-corrected chi connectivity index (χ0v) is 12.3. The minimum absolute atomic E-state index is 0.675. The van der Waals surface area contributed by atoms with Gasteiger partial charge in [0.05, 0.1) is 6.61 Å². The molecule has 2 heteroatoms. The number of ether oxygens (including phenoxy) is 1. The fourth-order valence-corrected chi connectivity index (χ4v) is 2.71. The average Bonchev–Trinajstić information content (AvgIpc) is 2.33. The van der Waals surface area contributed by atoms with Gasteiger partial charge in [0, 0.05) is 13.7 Å². The van der Waals surface area contributed by atoms with Gasteiger partial charge in [0.25, 0.3) is 0 Å². The fraction of sp³-hybridized carbons (Fsp3) is 0.647. The van der Waals surface area contributed by atoms with Crippen LogP contribution in [0.3, 0.4) is 0 Å². The summed E-state index contributed by atoms with van der Waals surface area (Å²) in [4.78, 5) is 0. The first-order valence-corrected chi connectivity index (χ1v) is 7.58. The molecule has 1 saturated carbocycles. The Balaban J connectivity index is 1.77. The lowest BCUT2D eigenvalue weighted by Crippen LogP contribution is -2.25. The highest BCUT2D eigenvalue weighted by molar-refractivity contribution is 5.28. The van der Waals surface area contributed by atoms with Gasteiger partial charge in [-0.2, -0.15) is 0 Å². The van der Waals surface area contributed by atoms with E-state index in [0.717, 1.165) is 25.6 Å². The van der Waals surface area contributed by atoms with Crippen molar-refractivity contribution >= 4 is 0 Å². The van der Waals surface area contributed by atoms with Gasteiger partial charge in [-0.25, -0.2) is 0 Å². The van der Waals surface area contributed by atoms with Crippen molar-refractivity contribution < 1.29 is 4.74 Å². The molecule has 1 aliphatic carbocycles. The summed E-state index contributed by atoms with van der Waals surface area (Å²) in [6.45, 7) is 5.12. The van der Waals surface area contributed by atoms with E-state index in [1.165, 1.54) is 31.2 Å². The standard InChI is InChI=1S/C17H27NO/c1-14(13-18-9-10-19-2)11-15-5-3-8-17(12-15)16-6-4-7-16/h3,5,8,12,14,16,18H,4,6-7,9-11,13H2,1-2H3. The van der Waals surface area contributed by atoms with Gasteiger partial charge >= 0.3 is 0 Å². The molecule has 1 atom stereocenters. The number of nitrogens with one attached hydrogen (secondary N) is 1. The Hall–Kier alpha value is -0.860. The Morgan fingerprint density at radius 1 is 1.37 bits per heavy atom. The second-order valence-electron chi connectivity index (χ2n) is 5.88. The number of benzene rings is 1. The Bertz CT molecular complexity index is 373. The van der Waals surface area contributed by atoms with Crippen molar-refractivity contribution in [2.45, 2.75) is 38.5 Å². The van der Waals surface area contributed by atoms with Gasteiger partial charge in [-0.05, 0) is 48.8 Å². The van der Waals surface area contributed by atoms with E-state index in [1.807, 2.05) is 0 Å². The van der Waals surface area contributed by atoms with Crippen LogP contribution in [-0.4, -0.2) is 26.8 Å². The highest BCUT2D eigenvalue weighted by atomic mass is 16.5. The molecule has 0 heterocycles. The van der Waals surface area contributed by atoms with Crippen molar-refractivity contribution in [1.29, 1.82) is 0 Å². The molecule has 1 aromatic rings. The van der Waals surface area contributed by atoms with Gasteiger partial charge < -0.3 is 10.1 Å². The van der Waals surface area contributed by atoms with Crippen molar-refractivity contribution in [3.05, 3.63) is 35.4 Å². The molecular weight excluding hydrogens is 234 g/mol. The lowest BCUT2D eigenvalue weighted by molar-refractivity contribution is 0.198. The maximum absolute atomic E-state index is 5.04.